The van der Waals surface area contributed by atoms with Gasteiger partial charge in [0.15, 0.2) is 0 Å². The predicted octanol–water partition coefficient (Wildman–Crippen LogP) is -2.79. The van der Waals surface area contributed by atoms with E-state index in [1.807, 2.05) is 0 Å². The van der Waals surface area contributed by atoms with Crippen LogP contribution in [0.4, 0.5) is 4.39 Å². The fraction of sp³-hybridized carbons (Fsp3) is 0.955. The van der Waals surface area contributed by atoms with Gasteiger partial charge < -0.3 is 59.8 Å². The van der Waals surface area contributed by atoms with Gasteiger partial charge in [0.25, 0.3) is 0 Å². The lowest BCUT2D eigenvalue weighted by Gasteiger charge is -2.54. The Balaban J connectivity index is 2.11. The van der Waals surface area contributed by atoms with Gasteiger partial charge in [0.05, 0.1) is 20.3 Å². The smallest absolute Gasteiger partial charge is 0.305 e. The van der Waals surface area contributed by atoms with Crippen LogP contribution >= 0.6 is 0 Å². The van der Waals surface area contributed by atoms with Crippen molar-refractivity contribution in [2.45, 2.75) is 112 Å². The van der Waals surface area contributed by atoms with Crippen LogP contribution in [0, 0.1) is 0 Å². The molecule has 2 aliphatic rings. The highest BCUT2D eigenvalue weighted by molar-refractivity contribution is 5.68. The molecule has 0 aliphatic carbocycles. The van der Waals surface area contributed by atoms with Gasteiger partial charge in [-0.15, -0.1) is 0 Å². The highest BCUT2D eigenvalue weighted by atomic mass is 19.1. The first-order chi connectivity index (χ1) is 17.0. The van der Waals surface area contributed by atoms with Gasteiger partial charge >= 0.3 is 5.97 Å². The van der Waals surface area contributed by atoms with E-state index in [9.17, 15) is 50.0 Å². The van der Waals surface area contributed by atoms with Crippen molar-refractivity contribution in [1.82, 2.24) is 0 Å². The molecule has 0 saturated carbocycles. The summed E-state index contributed by atoms with van der Waals surface area (Å²) in [6, 6.07) is 0. The van der Waals surface area contributed by atoms with Crippen LogP contribution in [-0.2, 0) is 23.7 Å². The maximum atomic E-state index is 13.9. The van der Waals surface area contributed by atoms with E-state index in [0.29, 0.717) is 25.7 Å². The van der Waals surface area contributed by atoms with E-state index < -0.39 is 73.7 Å². The SMILES string of the molecule is COC(=O)CCCCCCCCO[C@@]1([C@H]2O[C@H](CO)[C@@H](O)[C@H](O)[C@H]2O)O[C@H](C(O)F)[C@@H](O)[C@H](O)[C@H]1O. The van der Waals surface area contributed by atoms with Gasteiger partial charge in [0, 0.05) is 6.42 Å². The zero-order valence-corrected chi connectivity index (χ0v) is 20.1. The van der Waals surface area contributed by atoms with Crippen molar-refractivity contribution in [3.63, 3.8) is 0 Å². The topological polar surface area (TPSA) is 216 Å². The Morgan fingerprint density at radius 1 is 0.917 bits per heavy atom. The van der Waals surface area contributed by atoms with Gasteiger partial charge in [-0.25, -0.2) is 4.39 Å². The zero-order chi connectivity index (χ0) is 27.0. The van der Waals surface area contributed by atoms with Crippen molar-refractivity contribution in [3.05, 3.63) is 0 Å². The van der Waals surface area contributed by atoms with Crippen LogP contribution in [0.3, 0.4) is 0 Å². The molecule has 0 aromatic carbocycles. The molecule has 2 fully saturated rings. The molecule has 8 N–H and O–H groups in total. The molecule has 0 radical (unpaired) electrons. The van der Waals surface area contributed by atoms with Crippen LogP contribution in [-0.4, -0.2) is 134 Å². The summed E-state index contributed by atoms with van der Waals surface area (Å²) in [5, 5.41) is 81.1. The molecule has 0 spiro atoms. The van der Waals surface area contributed by atoms with E-state index in [1.54, 1.807) is 0 Å². The first-order valence-corrected chi connectivity index (χ1v) is 12.1. The minimum Gasteiger partial charge on any atom is -0.469 e. The number of methoxy groups -OCH3 is 1. The molecular weight excluding hydrogens is 491 g/mol. The number of carbonyl (C=O) groups excluding carboxylic acids is 1. The van der Waals surface area contributed by atoms with Gasteiger partial charge in [-0.3, -0.25) is 4.79 Å². The summed E-state index contributed by atoms with van der Waals surface area (Å²) in [5.74, 6) is -2.87. The highest BCUT2D eigenvalue weighted by Crippen LogP contribution is 2.41. The summed E-state index contributed by atoms with van der Waals surface area (Å²) in [5.41, 5.74) is 0. The molecule has 2 saturated heterocycles. The van der Waals surface area contributed by atoms with E-state index in [0.717, 1.165) is 19.3 Å². The monoisotopic (exact) mass is 530 g/mol. The lowest BCUT2D eigenvalue weighted by Crippen LogP contribution is -2.76. The first kappa shape index (κ1) is 31.2. The fourth-order valence-corrected chi connectivity index (χ4v) is 4.47. The van der Waals surface area contributed by atoms with Crippen LogP contribution in [0.1, 0.15) is 44.9 Å². The van der Waals surface area contributed by atoms with Crippen molar-refractivity contribution < 1.29 is 69.0 Å². The van der Waals surface area contributed by atoms with Gasteiger partial charge in [0.1, 0.15) is 54.9 Å². The van der Waals surface area contributed by atoms with E-state index in [-0.39, 0.29) is 12.6 Å². The molecule has 0 amide bonds. The Morgan fingerprint density at radius 2 is 1.53 bits per heavy atom. The largest absolute Gasteiger partial charge is 0.469 e. The molecule has 13 nitrogen and oxygen atoms in total. The molecular formula is C22H39FO13. The Morgan fingerprint density at radius 3 is 2.11 bits per heavy atom. The summed E-state index contributed by atoms with van der Waals surface area (Å²) in [6.45, 7) is -0.990. The minimum absolute atomic E-state index is 0.174. The third-order valence-electron chi connectivity index (χ3n) is 6.63. The predicted molar refractivity (Wildman–Crippen MR) is 117 cm³/mol. The Kier molecular flexibility index (Phi) is 12.3. The molecule has 36 heavy (non-hydrogen) atoms. The summed E-state index contributed by atoms with van der Waals surface area (Å²) >= 11 is 0. The molecule has 0 aromatic heterocycles. The second-order valence-corrected chi connectivity index (χ2v) is 9.15. The quantitative estimate of drug-likeness (QED) is 0.0894. The number of ether oxygens (including phenoxy) is 4. The standard InChI is InChI=1S/C22H39FO13/c1-33-12(25)8-6-4-2-3-5-7-9-34-22(19(31)16(29)15(28)18(36-22)21(23)32)20-17(30)14(27)13(26)11(10-24)35-20/h11,13-21,24,26-32H,2-10H2,1H3/t11-,13-,14+,15+,16+,17-,18+,19-,20+,21?,22-/m1/s1. The second-order valence-electron chi connectivity index (χ2n) is 9.15. The van der Waals surface area contributed by atoms with E-state index in [1.165, 1.54) is 7.11 Å². The Labute approximate surface area is 208 Å². The molecule has 1 unspecified atom stereocenters. The number of aliphatic hydroxyl groups excluding tert-OH is 8. The summed E-state index contributed by atoms with van der Waals surface area (Å²) in [7, 11) is 1.32. The van der Waals surface area contributed by atoms with Gasteiger partial charge in [-0.2, -0.15) is 0 Å². The van der Waals surface area contributed by atoms with Crippen molar-refractivity contribution in [3.8, 4) is 0 Å². The van der Waals surface area contributed by atoms with Crippen LogP contribution in [0.5, 0.6) is 0 Å². The van der Waals surface area contributed by atoms with Gasteiger partial charge in [0.2, 0.25) is 12.1 Å². The van der Waals surface area contributed by atoms with Gasteiger partial charge in [-0.1, -0.05) is 25.7 Å². The van der Waals surface area contributed by atoms with Crippen molar-refractivity contribution in [2.24, 2.45) is 0 Å². The van der Waals surface area contributed by atoms with Crippen LogP contribution in [0.15, 0.2) is 0 Å². The number of hydrogen-bond acceptors (Lipinski definition) is 13. The number of halogens is 1. The molecule has 2 rings (SSSR count). The Bertz CT molecular complexity index is 668. The average molecular weight is 531 g/mol. The zero-order valence-electron chi connectivity index (χ0n) is 20.1. The third-order valence-corrected chi connectivity index (χ3v) is 6.63. The van der Waals surface area contributed by atoms with Crippen molar-refractivity contribution in [1.29, 1.82) is 0 Å². The number of alkyl halides is 1. The number of rotatable bonds is 13. The summed E-state index contributed by atoms with van der Waals surface area (Å²) < 4.78 is 35.0. The number of carbonyl (C=O) groups is 1. The van der Waals surface area contributed by atoms with Crippen LogP contribution < -0.4 is 0 Å². The normalized spacial score (nSPS) is 40.1. The number of hydrogen-bond donors (Lipinski definition) is 8. The summed E-state index contributed by atoms with van der Waals surface area (Å²) in [6.07, 6.45) is -15.9. The lowest BCUT2D eigenvalue weighted by atomic mass is 9.83. The van der Waals surface area contributed by atoms with Crippen molar-refractivity contribution in [2.75, 3.05) is 20.3 Å². The lowest BCUT2D eigenvalue weighted by molar-refractivity contribution is -0.426. The maximum Gasteiger partial charge on any atom is 0.305 e. The van der Waals surface area contributed by atoms with E-state index in [4.69, 9.17) is 14.2 Å². The maximum absolute atomic E-state index is 13.9. The molecule has 14 heteroatoms. The van der Waals surface area contributed by atoms with E-state index in [2.05, 4.69) is 4.74 Å². The van der Waals surface area contributed by atoms with Crippen molar-refractivity contribution >= 4 is 5.97 Å². The molecule has 2 heterocycles. The fourth-order valence-electron chi connectivity index (χ4n) is 4.47. The molecule has 11 atom stereocenters. The van der Waals surface area contributed by atoms with E-state index >= 15 is 0 Å². The third kappa shape index (κ3) is 7.08. The number of esters is 1. The second kappa shape index (κ2) is 14.2. The average Bonchev–Trinajstić information content (AvgIpc) is 2.86. The molecule has 212 valence electrons. The van der Waals surface area contributed by atoms with Gasteiger partial charge in [-0.05, 0) is 12.8 Å². The minimum atomic E-state index is -2.83. The molecule has 0 aromatic rings. The highest BCUT2D eigenvalue weighted by Gasteiger charge is 2.65. The first-order valence-electron chi connectivity index (χ1n) is 12.1. The van der Waals surface area contributed by atoms with Crippen LogP contribution in [0.2, 0.25) is 0 Å². The molecule has 2 aliphatic heterocycles. The number of unbranched alkanes of at least 4 members (excludes halogenated alkanes) is 5. The number of aliphatic hydroxyl groups is 8. The Hall–Kier alpha value is -1.04. The summed E-state index contributed by atoms with van der Waals surface area (Å²) in [4.78, 5) is 11.1. The molecule has 0 bridgehead atoms. The van der Waals surface area contributed by atoms with Crippen LogP contribution in [0.25, 0.3) is 0 Å².